The van der Waals surface area contributed by atoms with E-state index >= 15 is 0 Å². The molecule has 0 aliphatic heterocycles. The molecule has 0 atom stereocenters. The molecule has 4 aromatic rings. The highest BCUT2D eigenvalue weighted by atomic mass is 16.2. The Morgan fingerprint density at radius 1 is 1.04 bits per heavy atom. The number of hydrogen-bond donors (Lipinski definition) is 0. The molecule has 3 aromatic heterocycles. The van der Waals surface area contributed by atoms with Gasteiger partial charge in [0, 0.05) is 26.8 Å². The number of fused-ring (bicyclic) bond motifs is 3. The zero-order valence-electron chi connectivity index (χ0n) is 15.4. The van der Waals surface area contributed by atoms with Crippen LogP contribution in [0.3, 0.4) is 0 Å². The van der Waals surface area contributed by atoms with Crippen molar-refractivity contribution in [2.24, 2.45) is 14.1 Å². The monoisotopic (exact) mass is 351 g/mol. The summed E-state index contributed by atoms with van der Waals surface area (Å²) in [5.74, 6) is 0.677. The highest BCUT2D eigenvalue weighted by Crippen LogP contribution is 2.26. The van der Waals surface area contributed by atoms with E-state index in [0.29, 0.717) is 16.9 Å². The lowest BCUT2D eigenvalue weighted by molar-refractivity contribution is 0.698. The van der Waals surface area contributed by atoms with Crippen LogP contribution >= 0.6 is 0 Å². The van der Waals surface area contributed by atoms with Gasteiger partial charge in [-0.3, -0.25) is 18.3 Å². The standard InChI is InChI=1S/C19H21N5O2/c1-5-10-23-14(13-8-6-12(2)7-9-13)11-24-15-16(20-18(23)24)21(3)19(26)22(4)17(15)25/h6-9,11H,5,10H2,1-4H3. The molecule has 0 bridgehead atoms. The van der Waals surface area contributed by atoms with Crippen LogP contribution in [-0.4, -0.2) is 23.1 Å². The molecule has 0 fully saturated rings. The minimum Gasteiger partial charge on any atom is -0.310 e. The van der Waals surface area contributed by atoms with E-state index in [0.717, 1.165) is 28.8 Å². The molecule has 0 saturated heterocycles. The van der Waals surface area contributed by atoms with Crippen LogP contribution in [0.2, 0.25) is 0 Å². The third-order valence-electron chi connectivity index (χ3n) is 4.85. The van der Waals surface area contributed by atoms with E-state index in [9.17, 15) is 9.59 Å². The molecule has 0 saturated carbocycles. The highest BCUT2D eigenvalue weighted by molar-refractivity contribution is 5.78. The lowest BCUT2D eigenvalue weighted by Crippen LogP contribution is -2.37. The van der Waals surface area contributed by atoms with Crippen molar-refractivity contribution < 1.29 is 0 Å². The molecule has 0 radical (unpaired) electrons. The van der Waals surface area contributed by atoms with E-state index in [1.807, 2.05) is 10.6 Å². The Morgan fingerprint density at radius 2 is 1.73 bits per heavy atom. The van der Waals surface area contributed by atoms with Gasteiger partial charge >= 0.3 is 5.69 Å². The Labute approximate surface area is 149 Å². The van der Waals surface area contributed by atoms with Gasteiger partial charge in [0.25, 0.3) is 5.56 Å². The minimum absolute atomic E-state index is 0.334. The molecular weight excluding hydrogens is 330 g/mol. The van der Waals surface area contributed by atoms with Gasteiger partial charge < -0.3 is 4.57 Å². The van der Waals surface area contributed by atoms with Crippen molar-refractivity contribution in [3.63, 3.8) is 0 Å². The summed E-state index contributed by atoms with van der Waals surface area (Å²) >= 11 is 0. The van der Waals surface area contributed by atoms with Gasteiger partial charge in [-0.15, -0.1) is 0 Å². The summed E-state index contributed by atoms with van der Waals surface area (Å²) in [4.78, 5) is 29.6. The van der Waals surface area contributed by atoms with Crippen LogP contribution < -0.4 is 11.2 Å². The lowest BCUT2D eigenvalue weighted by atomic mass is 10.1. The third-order valence-corrected chi connectivity index (χ3v) is 4.85. The molecule has 134 valence electrons. The zero-order chi connectivity index (χ0) is 18.6. The Morgan fingerprint density at radius 3 is 2.38 bits per heavy atom. The molecule has 3 heterocycles. The number of hydrogen-bond acceptors (Lipinski definition) is 3. The van der Waals surface area contributed by atoms with E-state index < -0.39 is 0 Å². The molecule has 0 N–H and O–H groups in total. The molecule has 0 aliphatic carbocycles. The summed E-state index contributed by atoms with van der Waals surface area (Å²) in [6.07, 6.45) is 2.88. The van der Waals surface area contributed by atoms with Gasteiger partial charge in [-0.2, -0.15) is 4.98 Å². The maximum absolute atomic E-state index is 12.7. The smallest absolute Gasteiger partial charge is 0.310 e. The summed E-state index contributed by atoms with van der Waals surface area (Å²) in [5.41, 5.74) is 3.41. The summed E-state index contributed by atoms with van der Waals surface area (Å²) in [5, 5.41) is 0. The zero-order valence-corrected chi connectivity index (χ0v) is 15.4. The van der Waals surface area contributed by atoms with Crippen molar-refractivity contribution in [3.8, 4) is 11.3 Å². The van der Waals surface area contributed by atoms with Crippen molar-refractivity contribution in [1.82, 2.24) is 23.1 Å². The first-order valence-electron chi connectivity index (χ1n) is 8.68. The molecule has 0 aliphatic rings. The molecule has 7 nitrogen and oxygen atoms in total. The fourth-order valence-corrected chi connectivity index (χ4v) is 3.41. The average Bonchev–Trinajstić information content (AvgIpc) is 3.16. The van der Waals surface area contributed by atoms with Gasteiger partial charge in [-0.05, 0) is 18.9 Å². The van der Waals surface area contributed by atoms with Gasteiger partial charge in [0.2, 0.25) is 5.78 Å². The second-order valence-corrected chi connectivity index (χ2v) is 6.69. The molecule has 0 unspecified atom stereocenters. The average molecular weight is 351 g/mol. The maximum atomic E-state index is 12.7. The van der Waals surface area contributed by atoms with Crippen molar-refractivity contribution in [2.75, 3.05) is 0 Å². The van der Waals surface area contributed by atoms with Crippen LogP contribution in [-0.2, 0) is 20.6 Å². The summed E-state index contributed by atoms with van der Waals surface area (Å²) in [7, 11) is 3.13. The third kappa shape index (κ3) is 2.16. The molecule has 4 rings (SSSR count). The fourth-order valence-electron chi connectivity index (χ4n) is 3.41. The van der Waals surface area contributed by atoms with Gasteiger partial charge in [-0.25, -0.2) is 4.79 Å². The Balaban J connectivity index is 2.13. The minimum atomic E-state index is -0.371. The van der Waals surface area contributed by atoms with E-state index in [1.54, 1.807) is 7.05 Å². The number of aromatic nitrogens is 5. The molecular formula is C19H21N5O2. The highest BCUT2D eigenvalue weighted by Gasteiger charge is 2.20. The van der Waals surface area contributed by atoms with Crippen LogP contribution in [0, 0.1) is 6.92 Å². The van der Waals surface area contributed by atoms with Crippen molar-refractivity contribution in [3.05, 3.63) is 56.9 Å². The van der Waals surface area contributed by atoms with Gasteiger partial charge in [0.1, 0.15) is 0 Å². The molecule has 0 spiro atoms. The molecule has 26 heavy (non-hydrogen) atoms. The Bertz CT molecular complexity index is 1250. The quantitative estimate of drug-likeness (QED) is 0.567. The van der Waals surface area contributed by atoms with Crippen LogP contribution in [0.1, 0.15) is 18.9 Å². The number of benzene rings is 1. The Hall–Kier alpha value is -3.09. The van der Waals surface area contributed by atoms with Crippen molar-refractivity contribution >= 4 is 16.9 Å². The first-order chi connectivity index (χ1) is 12.4. The fraction of sp³-hybridized carbons (Fsp3) is 0.316. The number of imidazole rings is 2. The van der Waals surface area contributed by atoms with Crippen molar-refractivity contribution in [2.45, 2.75) is 26.8 Å². The molecule has 0 amide bonds. The summed E-state index contributed by atoms with van der Waals surface area (Å²) in [6.45, 7) is 4.93. The summed E-state index contributed by atoms with van der Waals surface area (Å²) < 4.78 is 6.46. The van der Waals surface area contributed by atoms with E-state index in [-0.39, 0.29) is 11.2 Å². The number of nitrogens with zero attached hydrogens (tertiary/aromatic N) is 5. The Kier molecular flexibility index (Phi) is 3.61. The molecule has 7 heteroatoms. The van der Waals surface area contributed by atoms with Gasteiger partial charge in [-0.1, -0.05) is 36.8 Å². The summed E-state index contributed by atoms with van der Waals surface area (Å²) in [6, 6.07) is 8.29. The van der Waals surface area contributed by atoms with Gasteiger partial charge in [0.15, 0.2) is 11.2 Å². The second-order valence-electron chi connectivity index (χ2n) is 6.69. The normalized spacial score (nSPS) is 11.7. The largest absolute Gasteiger partial charge is 0.332 e. The van der Waals surface area contributed by atoms with Crippen LogP contribution in [0.25, 0.3) is 28.2 Å². The number of rotatable bonds is 3. The van der Waals surface area contributed by atoms with E-state index in [4.69, 9.17) is 0 Å². The van der Waals surface area contributed by atoms with Crippen LogP contribution in [0.4, 0.5) is 0 Å². The number of aryl methyl sites for hydroxylation is 3. The van der Waals surface area contributed by atoms with Gasteiger partial charge in [0.05, 0.1) is 5.69 Å². The first-order valence-corrected chi connectivity index (χ1v) is 8.68. The lowest BCUT2D eigenvalue weighted by Gasteiger charge is -2.08. The second kappa shape index (κ2) is 5.72. The SMILES string of the molecule is CCCn1c(-c2ccc(C)cc2)cn2c3c(=O)n(C)c(=O)n(C)c3nc12. The van der Waals surface area contributed by atoms with Crippen LogP contribution in [0.15, 0.2) is 40.1 Å². The first kappa shape index (κ1) is 16.4. The topological polar surface area (TPSA) is 66.2 Å². The van der Waals surface area contributed by atoms with Crippen LogP contribution in [0.5, 0.6) is 0 Å². The predicted octanol–water partition coefficient (Wildman–Crippen LogP) is 2.07. The van der Waals surface area contributed by atoms with Crippen molar-refractivity contribution in [1.29, 1.82) is 0 Å². The molecule has 1 aromatic carbocycles. The van der Waals surface area contributed by atoms with E-state index in [1.165, 1.54) is 17.2 Å². The maximum Gasteiger partial charge on any atom is 0.332 e. The van der Waals surface area contributed by atoms with E-state index in [2.05, 4.69) is 47.7 Å². The predicted molar refractivity (Wildman–Crippen MR) is 102 cm³/mol.